The monoisotopic (exact) mass is 619 g/mol. The number of rotatable bonds is 5. The minimum Gasteiger partial charge on any atom is -0.309 e. The molecule has 47 heavy (non-hydrogen) atoms. The summed E-state index contributed by atoms with van der Waals surface area (Å²) in [4.78, 5) is 2.42. The fraction of sp³-hybridized carbons (Fsp3) is 0.0667. The summed E-state index contributed by atoms with van der Waals surface area (Å²) in [5.41, 5.74) is 13.9. The fourth-order valence-electron chi connectivity index (χ4n) is 7.45. The summed E-state index contributed by atoms with van der Waals surface area (Å²) in [6, 6.07) is 59.8. The van der Waals surface area contributed by atoms with E-state index in [9.17, 15) is 0 Å². The Bertz CT molecular complexity index is 2320. The number of fused-ring (bicyclic) bond motifs is 6. The van der Waals surface area contributed by atoms with Gasteiger partial charge < -0.3 is 4.90 Å². The number of anilines is 3. The molecule has 1 nitrogen and oxygen atoms in total. The van der Waals surface area contributed by atoms with Crippen molar-refractivity contribution in [2.45, 2.75) is 19.3 Å². The van der Waals surface area contributed by atoms with Crippen molar-refractivity contribution in [2.75, 3.05) is 4.90 Å². The molecule has 0 spiro atoms. The van der Waals surface area contributed by atoms with E-state index in [1.165, 1.54) is 70.4 Å². The second-order valence-electron chi connectivity index (χ2n) is 13.0. The third kappa shape index (κ3) is 4.52. The first-order valence-electron chi connectivity index (χ1n) is 16.3. The molecule has 1 aromatic heterocycles. The number of nitrogens with zero attached hydrogens (tertiary/aromatic N) is 1. The van der Waals surface area contributed by atoms with Crippen LogP contribution in [0.3, 0.4) is 0 Å². The molecule has 7 aromatic carbocycles. The topological polar surface area (TPSA) is 3.24 Å². The first-order valence-corrected chi connectivity index (χ1v) is 17.1. The van der Waals surface area contributed by atoms with Crippen molar-refractivity contribution in [3.8, 4) is 33.4 Å². The lowest BCUT2D eigenvalue weighted by atomic mass is 9.82. The van der Waals surface area contributed by atoms with Gasteiger partial charge in [-0.3, -0.25) is 0 Å². The van der Waals surface area contributed by atoms with Gasteiger partial charge in [0.2, 0.25) is 0 Å². The maximum Gasteiger partial charge on any atom is 0.0640 e. The van der Waals surface area contributed by atoms with Gasteiger partial charge in [-0.1, -0.05) is 135 Å². The summed E-state index contributed by atoms with van der Waals surface area (Å²) in [5.74, 6) is 0. The molecule has 9 rings (SSSR count). The number of benzene rings is 7. The maximum absolute atomic E-state index is 2.47. The van der Waals surface area contributed by atoms with Crippen molar-refractivity contribution in [3.05, 3.63) is 175 Å². The van der Waals surface area contributed by atoms with Gasteiger partial charge in [0.1, 0.15) is 0 Å². The van der Waals surface area contributed by atoms with Crippen LogP contribution in [0.5, 0.6) is 0 Å². The molecule has 2 heteroatoms. The lowest BCUT2D eigenvalue weighted by Crippen LogP contribution is -2.14. The normalized spacial score (nSPS) is 13.1. The van der Waals surface area contributed by atoms with Gasteiger partial charge in [-0.2, -0.15) is 0 Å². The Morgan fingerprint density at radius 1 is 0.447 bits per heavy atom. The smallest absolute Gasteiger partial charge is 0.0640 e. The Morgan fingerprint density at radius 3 is 1.62 bits per heavy atom. The van der Waals surface area contributed by atoms with E-state index in [-0.39, 0.29) is 5.41 Å². The van der Waals surface area contributed by atoms with Crippen LogP contribution in [0, 0.1) is 0 Å². The molecule has 0 saturated heterocycles. The van der Waals surface area contributed by atoms with Crippen LogP contribution < -0.4 is 4.90 Å². The third-order valence-corrected chi connectivity index (χ3v) is 11.1. The zero-order valence-corrected chi connectivity index (χ0v) is 27.3. The predicted octanol–water partition coefficient (Wildman–Crippen LogP) is 13.2. The summed E-state index contributed by atoms with van der Waals surface area (Å²) in [6.45, 7) is 4.73. The highest BCUT2D eigenvalue weighted by molar-refractivity contribution is 7.26. The van der Waals surface area contributed by atoms with Crippen LogP contribution in [0.2, 0.25) is 0 Å². The molecule has 0 atom stereocenters. The van der Waals surface area contributed by atoms with Crippen molar-refractivity contribution in [1.82, 2.24) is 0 Å². The molecule has 0 unspecified atom stereocenters. The summed E-state index contributed by atoms with van der Waals surface area (Å²) in [7, 11) is 0. The molecule has 224 valence electrons. The molecule has 1 aliphatic rings. The van der Waals surface area contributed by atoms with Crippen LogP contribution >= 0.6 is 11.3 Å². The summed E-state index contributed by atoms with van der Waals surface area (Å²) in [5, 5.41) is 2.65. The highest BCUT2D eigenvalue weighted by Gasteiger charge is 2.35. The van der Waals surface area contributed by atoms with Gasteiger partial charge in [-0.05, 0) is 87.0 Å². The highest BCUT2D eigenvalue weighted by Crippen LogP contribution is 2.52. The molecular weight excluding hydrogens is 587 g/mol. The molecule has 0 bridgehead atoms. The molecule has 1 heterocycles. The molecule has 0 amide bonds. The van der Waals surface area contributed by atoms with Crippen LogP contribution in [-0.4, -0.2) is 0 Å². The highest BCUT2D eigenvalue weighted by atomic mass is 32.1. The first-order chi connectivity index (χ1) is 23.1. The van der Waals surface area contributed by atoms with Crippen LogP contribution in [0.1, 0.15) is 25.0 Å². The molecular formula is C45H33NS. The Morgan fingerprint density at radius 2 is 1.00 bits per heavy atom. The standard InChI is InChI=1S/C45H33NS/c1-45(2)40-18-10-9-16-36(40)38-29-43-39(28-41(38)45)37-17-11-19-42(44(37)47-43)46(34-24-20-32(21-25-34)30-12-5-3-6-13-30)35-26-22-33(23-27-35)31-14-7-4-8-15-31/h3-29H,1-2H3. The predicted molar refractivity (Wildman–Crippen MR) is 202 cm³/mol. The lowest BCUT2D eigenvalue weighted by Gasteiger charge is -2.26. The minimum atomic E-state index is -0.0287. The van der Waals surface area contributed by atoms with Crippen LogP contribution in [0.15, 0.2) is 164 Å². The van der Waals surface area contributed by atoms with E-state index in [0.29, 0.717) is 0 Å². The second kappa shape index (κ2) is 10.8. The summed E-state index contributed by atoms with van der Waals surface area (Å²) >= 11 is 1.91. The van der Waals surface area contributed by atoms with E-state index in [0.717, 1.165) is 11.4 Å². The third-order valence-electron chi connectivity index (χ3n) is 9.89. The van der Waals surface area contributed by atoms with E-state index in [1.54, 1.807) is 0 Å². The molecule has 0 N–H and O–H groups in total. The number of hydrogen-bond donors (Lipinski definition) is 0. The average molecular weight is 620 g/mol. The molecule has 1 aliphatic carbocycles. The van der Waals surface area contributed by atoms with Crippen molar-refractivity contribution >= 4 is 48.6 Å². The minimum absolute atomic E-state index is 0.0287. The fourth-order valence-corrected chi connectivity index (χ4v) is 8.67. The van der Waals surface area contributed by atoms with Gasteiger partial charge in [-0.15, -0.1) is 11.3 Å². The van der Waals surface area contributed by atoms with Crippen molar-refractivity contribution in [1.29, 1.82) is 0 Å². The van der Waals surface area contributed by atoms with Crippen LogP contribution in [0.25, 0.3) is 53.6 Å². The first kappa shape index (κ1) is 27.8. The van der Waals surface area contributed by atoms with E-state index < -0.39 is 0 Å². The van der Waals surface area contributed by atoms with Gasteiger partial charge in [0.05, 0.1) is 10.4 Å². The second-order valence-corrected chi connectivity index (χ2v) is 14.0. The van der Waals surface area contributed by atoms with E-state index in [2.05, 4.69) is 183 Å². The van der Waals surface area contributed by atoms with Crippen molar-refractivity contribution < 1.29 is 0 Å². The molecule has 8 aromatic rings. The van der Waals surface area contributed by atoms with Gasteiger partial charge in [0.25, 0.3) is 0 Å². The zero-order chi connectivity index (χ0) is 31.5. The Balaban J connectivity index is 1.22. The van der Waals surface area contributed by atoms with Crippen molar-refractivity contribution in [3.63, 3.8) is 0 Å². The Hall–Kier alpha value is -5.44. The number of thiophene rings is 1. The van der Waals surface area contributed by atoms with Gasteiger partial charge in [0, 0.05) is 32.3 Å². The van der Waals surface area contributed by atoms with Gasteiger partial charge in [0.15, 0.2) is 0 Å². The average Bonchev–Trinajstić information content (AvgIpc) is 3.61. The lowest BCUT2D eigenvalue weighted by molar-refractivity contribution is 0.661. The largest absolute Gasteiger partial charge is 0.309 e. The van der Waals surface area contributed by atoms with E-state index in [1.807, 2.05) is 11.3 Å². The van der Waals surface area contributed by atoms with Crippen LogP contribution in [0.4, 0.5) is 17.1 Å². The van der Waals surface area contributed by atoms with E-state index >= 15 is 0 Å². The SMILES string of the molecule is CC1(C)c2ccccc2-c2cc3sc4c(N(c5ccc(-c6ccccc6)cc5)c5ccc(-c6ccccc6)cc5)cccc4c3cc21. The molecule has 0 aliphatic heterocycles. The molecule has 0 fully saturated rings. The summed E-state index contributed by atoms with van der Waals surface area (Å²) < 4.78 is 2.63. The zero-order valence-electron chi connectivity index (χ0n) is 26.4. The van der Waals surface area contributed by atoms with Gasteiger partial charge >= 0.3 is 0 Å². The quantitative estimate of drug-likeness (QED) is 0.185. The Labute approximate surface area is 280 Å². The van der Waals surface area contributed by atoms with Gasteiger partial charge in [-0.25, -0.2) is 0 Å². The van der Waals surface area contributed by atoms with Crippen molar-refractivity contribution in [2.24, 2.45) is 0 Å². The molecule has 0 saturated carbocycles. The number of hydrogen-bond acceptors (Lipinski definition) is 2. The molecule has 0 radical (unpaired) electrons. The van der Waals surface area contributed by atoms with E-state index in [4.69, 9.17) is 0 Å². The summed E-state index contributed by atoms with van der Waals surface area (Å²) in [6.07, 6.45) is 0. The Kier molecular flexibility index (Phi) is 6.41. The van der Waals surface area contributed by atoms with Crippen LogP contribution in [-0.2, 0) is 5.41 Å². The maximum atomic E-state index is 2.47.